The third kappa shape index (κ3) is 3.27. The molecule has 2 fully saturated rings. The van der Waals surface area contributed by atoms with Gasteiger partial charge in [-0.25, -0.2) is 0 Å². The summed E-state index contributed by atoms with van der Waals surface area (Å²) >= 11 is 0. The van der Waals surface area contributed by atoms with E-state index in [9.17, 15) is 4.79 Å². The number of carbonyl (C=O) groups excluding carboxylic acids is 1. The van der Waals surface area contributed by atoms with Crippen molar-refractivity contribution >= 4 is 5.91 Å². The molecule has 0 aliphatic carbocycles. The molecule has 2 aliphatic rings. The highest BCUT2D eigenvalue weighted by Crippen LogP contribution is 2.27. The molecule has 0 spiro atoms. The number of fused-ring (bicyclic) bond motifs is 1. The Balaban J connectivity index is 1.64. The van der Waals surface area contributed by atoms with Crippen molar-refractivity contribution in [1.82, 2.24) is 10.2 Å². The van der Waals surface area contributed by atoms with E-state index in [0.29, 0.717) is 6.61 Å². The predicted octanol–water partition coefficient (Wildman–Crippen LogP) is 1.90. The van der Waals surface area contributed by atoms with Crippen LogP contribution < -0.4 is 5.32 Å². The summed E-state index contributed by atoms with van der Waals surface area (Å²) < 4.78 is 5.10. The molecular weight excluding hydrogens is 264 g/mol. The number of hydrogen-bond acceptors (Lipinski definition) is 3. The molecule has 0 aromatic heterocycles. The lowest BCUT2D eigenvalue weighted by atomic mass is 9.92. The third-order valence-corrected chi connectivity index (χ3v) is 4.82. The zero-order valence-electron chi connectivity index (χ0n) is 12.7. The molecule has 0 unspecified atom stereocenters. The molecule has 4 heteroatoms. The minimum Gasteiger partial charge on any atom is -0.380 e. The van der Waals surface area contributed by atoms with Crippen LogP contribution in [0.1, 0.15) is 28.8 Å². The van der Waals surface area contributed by atoms with E-state index in [0.717, 1.165) is 62.0 Å². The van der Waals surface area contributed by atoms with Gasteiger partial charge in [-0.1, -0.05) is 12.1 Å². The van der Waals surface area contributed by atoms with Crippen molar-refractivity contribution in [3.8, 4) is 0 Å². The topological polar surface area (TPSA) is 41.6 Å². The van der Waals surface area contributed by atoms with Crippen LogP contribution >= 0.6 is 0 Å². The van der Waals surface area contributed by atoms with Crippen LogP contribution in [0.15, 0.2) is 24.3 Å². The molecule has 2 atom stereocenters. The molecular formula is C17H24N2O2. The zero-order chi connectivity index (χ0) is 14.7. The second-order valence-electron chi connectivity index (χ2n) is 6.18. The highest BCUT2D eigenvalue weighted by atomic mass is 16.5. The Morgan fingerprint density at radius 3 is 2.38 bits per heavy atom. The Morgan fingerprint density at radius 2 is 1.81 bits per heavy atom. The van der Waals surface area contributed by atoms with Gasteiger partial charge in [0.1, 0.15) is 0 Å². The maximum atomic E-state index is 12.6. The van der Waals surface area contributed by atoms with E-state index in [1.165, 1.54) is 0 Å². The van der Waals surface area contributed by atoms with E-state index in [1.54, 1.807) is 7.11 Å². The van der Waals surface area contributed by atoms with Crippen LogP contribution in [0.4, 0.5) is 0 Å². The summed E-state index contributed by atoms with van der Waals surface area (Å²) in [5, 5.41) is 3.47. The molecule has 0 saturated carbocycles. The van der Waals surface area contributed by atoms with Crippen molar-refractivity contribution in [3.63, 3.8) is 0 Å². The summed E-state index contributed by atoms with van der Waals surface area (Å²) in [6.07, 6.45) is 2.26. The lowest BCUT2D eigenvalue weighted by molar-refractivity contribution is 0.0758. The zero-order valence-corrected chi connectivity index (χ0v) is 12.7. The Kier molecular flexibility index (Phi) is 4.56. The first-order valence-corrected chi connectivity index (χ1v) is 7.86. The highest BCUT2D eigenvalue weighted by molar-refractivity contribution is 5.94. The largest absolute Gasteiger partial charge is 0.380 e. The van der Waals surface area contributed by atoms with Crippen molar-refractivity contribution in [3.05, 3.63) is 35.4 Å². The molecule has 2 heterocycles. The second-order valence-corrected chi connectivity index (χ2v) is 6.18. The normalized spacial score (nSPS) is 25.5. The molecule has 114 valence electrons. The molecule has 0 radical (unpaired) electrons. The predicted molar refractivity (Wildman–Crippen MR) is 82.1 cm³/mol. The maximum Gasteiger partial charge on any atom is 0.253 e. The van der Waals surface area contributed by atoms with Crippen LogP contribution in [0, 0.1) is 11.8 Å². The first-order valence-electron chi connectivity index (χ1n) is 7.86. The average Bonchev–Trinajstić information content (AvgIpc) is 2.86. The number of likely N-dealkylation sites (tertiary alicyclic amines) is 1. The van der Waals surface area contributed by atoms with Gasteiger partial charge in [-0.15, -0.1) is 0 Å². The number of hydrogen-bond donors (Lipinski definition) is 1. The summed E-state index contributed by atoms with van der Waals surface area (Å²) in [6, 6.07) is 7.80. The average molecular weight is 288 g/mol. The lowest BCUT2D eigenvalue weighted by Gasteiger charge is -2.21. The van der Waals surface area contributed by atoms with Crippen LogP contribution in [0.5, 0.6) is 0 Å². The van der Waals surface area contributed by atoms with E-state index in [2.05, 4.69) is 5.32 Å². The number of rotatable bonds is 3. The minimum atomic E-state index is 0.173. The Hall–Kier alpha value is -1.39. The van der Waals surface area contributed by atoms with Crippen molar-refractivity contribution in [2.45, 2.75) is 19.4 Å². The monoisotopic (exact) mass is 288 g/mol. The molecule has 1 amide bonds. The summed E-state index contributed by atoms with van der Waals surface area (Å²) in [7, 11) is 1.68. The van der Waals surface area contributed by atoms with Crippen LogP contribution in [-0.4, -0.2) is 44.1 Å². The van der Waals surface area contributed by atoms with Crippen molar-refractivity contribution in [2.75, 3.05) is 33.3 Å². The minimum absolute atomic E-state index is 0.173. The maximum absolute atomic E-state index is 12.6. The van der Waals surface area contributed by atoms with Crippen LogP contribution in [0.2, 0.25) is 0 Å². The third-order valence-electron chi connectivity index (χ3n) is 4.82. The number of benzene rings is 1. The van der Waals surface area contributed by atoms with Gasteiger partial charge < -0.3 is 15.0 Å². The molecule has 1 aromatic carbocycles. The van der Waals surface area contributed by atoms with Gasteiger partial charge in [0.25, 0.3) is 5.91 Å². The van der Waals surface area contributed by atoms with Crippen LogP contribution in [0.25, 0.3) is 0 Å². The SMILES string of the molecule is COCc1ccc(C(=O)N2CC[C@@H]3CNC[C@@H]3CC2)cc1. The van der Waals surface area contributed by atoms with Gasteiger partial charge in [0.05, 0.1) is 6.61 Å². The first-order chi connectivity index (χ1) is 10.3. The second kappa shape index (κ2) is 6.58. The standard InChI is InChI=1S/C17H24N2O2/c1-21-12-13-2-4-14(5-3-13)17(20)19-8-6-15-10-18-11-16(15)7-9-19/h2-5,15-16,18H,6-12H2,1H3/t15-,16+. The summed E-state index contributed by atoms with van der Waals surface area (Å²) in [5.41, 5.74) is 1.89. The molecule has 3 rings (SSSR count). The van der Waals surface area contributed by atoms with Crippen molar-refractivity contribution in [2.24, 2.45) is 11.8 Å². The van der Waals surface area contributed by atoms with Gasteiger partial charge >= 0.3 is 0 Å². The Morgan fingerprint density at radius 1 is 1.19 bits per heavy atom. The fourth-order valence-electron chi connectivity index (χ4n) is 3.51. The lowest BCUT2D eigenvalue weighted by Crippen LogP contribution is -2.32. The number of nitrogens with one attached hydrogen (secondary N) is 1. The molecule has 1 aromatic rings. The van der Waals surface area contributed by atoms with Crippen LogP contribution in [-0.2, 0) is 11.3 Å². The number of ether oxygens (including phenoxy) is 1. The van der Waals surface area contributed by atoms with E-state index >= 15 is 0 Å². The van der Waals surface area contributed by atoms with Gasteiger partial charge in [0.2, 0.25) is 0 Å². The number of nitrogens with zero attached hydrogens (tertiary/aromatic N) is 1. The Labute approximate surface area is 126 Å². The van der Waals surface area contributed by atoms with E-state index in [-0.39, 0.29) is 5.91 Å². The van der Waals surface area contributed by atoms with Crippen molar-refractivity contribution < 1.29 is 9.53 Å². The first kappa shape index (κ1) is 14.5. The van der Waals surface area contributed by atoms with Gasteiger partial charge in [0.15, 0.2) is 0 Å². The summed E-state index contributed by atoms with van der Waals surface area (Å²) in [5.74, 6) is 1.69. The fraction of sp³-hybridized carbons (Fsp3) is 0.588. The molecule has 0 bridgehead atoms. The van der Waals surface area contributed by atoms with E-state index in [4.69, 9.17) is 4.74 Å². The van der Waals surface area contributed by atoms with Crippen LogP contribution in [0.3, 0.4) is 0 Å². The quantitative estimate of drug-likeness (QED) is 0.923. The summed E-state index contributed by atoms with van der Waals surface area (Å²) in [4.78, 5) is 14.7. The van der Waals surface area contributed by atoms with E-state index in [1.807, 2.05) is 29.2 Å². The van der Waals surface area contributed by atoms with Gasteiger partial charge in [-0.2, -0.15) is 0 Å². The Bertz CT molecular complexity index is 472. The van der Waals surface area contributed by atoms with Gasteiger partial charge in [-0.05, 0) is 55.5 Å². The number of amides is 1. The molecule has 2 saturated heterocycles. The molecule has 21 heavy (non-hydrogen) atoms. The smallest absolute Gasteiger partial charge is 0.253 e. The molecule has 1 N–H and O–H groups in total. The van der Waals surface area contributed by atoms with E-state index < -0.39 is 0 Å². The number of methoxy groups -OCH3 is 1. The number of carbonyl (C=O) groups is 1. The van der Waals surface area contributed by atoms with Crippen molar-refractivity contribution in [1.29, 1.82) is 0 Å². The summed E-state index contributed by atoms with van der Waals surface area (Å²) in [6.45, 7) is 4.62. The highest BCUT2D eigenvalue weighted by Gasteiger charge is 2.31. The fourth-order valence-corrected chi connectivity index (χ4v) is 3.51. The molecule has 4 nitrogen and oxygen atoms in total. The van der Waals surface area contributed by atoms with Gasteiger partial charge in [0, 0.05) is 25.8 Å². The van der Waals surface area contributed by atoms with Gasteiger partial charge in [-0.3, -0.25) is 4.79 Å². The molecule has 2 aliphatic heterocycles.